The molecule has 0 amide bonds. The Bertz CT molecular complexity index is 966. The molecule has 0 saturated heterocycles. The number of hydrogen-bond acceptors (Lipinski definition) is 2. The first-order chi connectivity index (χ1) is 13.2. The van der Waals surface area contributed by atoms with Crippen molar-refractivity contribution in [1.82, 2.24) is 4.57 Å². The van der Waals surface area contributed by atoms with E-state index in [9.17, 15) is 0 Å². The third-order valence-corrected chi connectivity index (χ3v) is 5.18. The first-order valence-corrected chi connectivity index (χ1v) is 9.78. The maximum atomic E-state index is 4.68. The van der Waals surface area contributed by atoms with Gasteiger partial charge in [0, 0.05) is 48.6 Å². The number of nitrogens with zero attached hydrogens (tertiary/aromatic N) is 3. The van der Waals surface area contributed by atoms with Gasteiger partial charge in [0.2, 0.25) is 0 Å². The molecular weight excluding hydrogens is 342 g/mol. The fourth-order valence-electron chi connectivity index (χ4n) is 3.41. The highest BCUT2D eigenvalue weighted by Gasteiger charge is 2.14. The van der Waals surface area contributed by atoms with Gasteiger partial charge in [0.15, 0.2) is 0 Å². The van der Waals surface area contributed by atoms with Crippen LogP contribution in [0.5, 0.6) is 0 Å². The van der Waals surface area contributed by atoms with Crippen molar-refractivity contribution in [3.05, 3.63) is 77.1 Å². The standard InChI is InChI=1S/C25H31N3/c1-18-16-20(17-26-22-10-14-23(15-11-22)27(6)7)19(2)28(18)24-12-8-21(9-13-24)25(3,4)5/h8-17H,1-7H3. The summed E-state index contributed by atoms with van der Waals surface area (Å²) in [5, 5.41) is 0. The first kappa shape index (κ1) is 19.9. The lowest BCUT2D eigenvalue weighted by atomic mass is 9.87. The van der Waals surface area contributed by atoms with Crippen molar-refractivity contribution in [2.24, 2.45) is 4.99 Å². The molecule has 3 nitrogen and oxygen atoms in total. The number of aryl methyl sites for hydroxylation is 1. The van der Waals surface area contributed by atoms with Crippen LogP contribution >= 0.6 is 0 Å². The molecule has 1 heterocycles. The molecule has 0 atom stereocenters. The van der Waals surface area contributed by atoms with Gasteiger partial charge in [-0.2, -0.15) is 0 Å². The Morgan fingerprint density at radius 1 is 0.893 bits per heavy atom. The molecule has 3 heteroatoms. The minimum atomic E-state index is 0.166. The van der Waals surface area contributed by atoms with E-state index in [2.05, 4.69) is 104 Å². The molecule has 3 aromatic rings. The fraction of sp³-hybridized carbons (Fsp3) is 0.320. The van der Waals surface area contributed by atoms with Gasteiger partial charge in [-0.05, 0) is 67.3 Å². The molecular formula is C25H31N3. The molecule has 2 aromatic carbocycles. The molecule has 0 aliphatic rings. The third-order valence-electron chi connectivity index (χ3n) is 5.18. The maximum absolute atomic E-state index is 4.68. The number of aromatic nitrogens is 1. The molecule has 0 bridgehead atoms. The smallest absolute Gasteiger partial charge is 0.0631 e. The zero-order chi connectivity index (χ0) is 20.5. The van der Waals surface area contributed by atoms with Crippen LogP contribution in [0.3, 0.4) is 0 Å². The van der Waals surface area contributed by atoms with Gasteiger partial charge in [-0.1, -0.05) is 32.9 Å². The lowest BCUT2D eigenvalue weighted by Crippen LogP contribution is -2.11. The van der Waals surface area contributed by atoms with Crippen LogP contribution in [-0.2, 0) is 5.41 Å². The number of hydrogen-bond donors (Lipinski definition) is 0. The highest BCUT2D eigenvalue weighted by Crippen LogP contribution is 2.26. The van der Waals surface area contributed by atoms with Crippen LogP contribution in [0.15, 0.2) is 59.6 Å². The predicted molar refractivity (Wildman–Crippen MR) is 122 cm³/mol. The molecule has 0 N–H and O–H groups in total. The van der Waals surface area contributed by atoms with E-state index in [0.29, 0.717) is 0 Å². The van der Waals surface area contributed by atoms with E-state index in [1.54, 1.807) is 0 Å². The van der Waals surface area contributed by atoms with Crippen LogP contribution in [0.25, 0.3) is 5.69 Å². The summed E-state index contributed by atoms with van der Waals surface area (Å²) in [6.07, 6.45) is 1.97. The summed E-state index contributed by atoms with van der Waals surface area (Å²) in [4.78, 5) is 6.76. The maximum Gasteiger partial charge on any atom is 0.0631 e. The summed E-state index contributed by atoms with van der Waals surface area (Å²) >= 11 is 0. The van der Waals surface area contributed by atoms with Crippen molar-refractivity contribution in [1.29, 1.82) is 0 Å². The van der Waals surface area contributed by atoms with Gasteiger partial charge in [0.25, 0.3) is 0 Å². The second kappa shape index (κ2) is 7.67. The minimum absolute atomic E-state index is 0.166. The van der Waals surface area contributed by atoms with E-state index >= 15 is 0 Å². The summed E-state index contributed by atoms with van der Waals surface area (Å²) in [5.41, 5.74) is 8.41. The van der Waals surface area contributed by atoms with E-state index in [4.69, 9.17) is 0 Å². The van der Waals surface area contributed by atoms with Gasteiger partial charge < -0.3 is 9.47 Å². The number of rotatable bonds is 4. The predicted octanol–water partition coefficient (Wildman–Crippen LogP) is 6.21. The van der Waals surface area contributed by atoms with Crippen LogP contribution in [0, 0.1) is 13.8 Å². The fourth-order valence-corrected chi connectivity index (χ4v) is 3.41. The Kier molecular flexibility index (Phi) is 5.46. The Balaban J connectivity index is 1.87. The van der Waals surface area contributed by atoms with Gasteiger partial charge in [-0.25, -0.2) is 0 Å². The van der Waals surface area contributed by atoms with E-state index in [1.165, 1.54) is 28.3 Å². The Hall–Kier alpha value is -2.81. The second-order valence-electron chi connectivity index (χ2n) is 8.63. The van der Waals surface area contributed by atoms with Crippen molar-refractivity contribution in [2.45, 2.75) is 40.0 Å². The average Bonchev–Trinajstić information content (AvgIpc) is 2.93. The van der Waals surface area contributed by atoms with Gasteiger partial charge in [0.1, 0.15) is 0 Å². The minimum Gasteiger partial charge on any atom is -0.378 e. The molecule has 146 valence electrons. The Morgan fingerprint density at radius 3 is 2.04 bits per heavy atom. The highest BCUT2D eigenvalue weighted by atomic mass is 15.1. The zero-order valence-corrected chi connectivity index (χ0v) is 18.1. The van der Waals surface area contributed by atoms with E-state index in [0.717, 1.165) is 11.3 Å². The van der Waals surface area contributed by atoms with Gasteiger partial charge >= 0.3 is 0 Å². The van der Waals surface area contributed by atoms with Gasteiger partial charge in [-0.15, -0.1) is 0 Å². The van der Waals surface area contributed by atoms with Crippen molar-refractivity contribution in [2.75, 3.05) is 19.0 Å². The molecule has 0 radical (unpaired) electrons. The molecule has 1 aromatic heterocycles. The molecule has 0 saturated carbocycles. The lowest BCUT2D eigenvalue weighted by molar-refractivity contribution is 0.590. The summed E-state index contributed by atoms with van der Waals surface area (Å²) in [7, 11) is 4.09. The monoisotopic (exact) mass is 373 g/mol. The normalized spacial score (nSPS) is 12.0. The molecule has 0 fully saturated rings. The summed E-state index contributed by atoms with van der Waals surface area (Å²) in [6, 6.07) is 19.4. The SMILES string of the molecule is Cc1cc(C=Nc2ccc(N(C)C)cc2)c(C)n1-c1ccc(C(C)(C)C)cc1. The average molecular weight is 374 g/mol. The molecule has 0 spiro atoms. The molecule has 0 aliphatic carbocycles. The first-order valence-electron chi connectivity index (χ1n) is 9.78. The Labute approximate surface area is 169 Å². The lowest BCUT2D eigenvalue weighted by Gasteiger charge is -2.20. The largest absolute Gasteiger partial charge is 0.378 e. The topological polar surface area (TPSA) is 20.5 Å². The quantitative estimate of drug-likeness (QED) is 0.498. The second-order valence-corrected chi connectivity index (χ2v) is 8.63. The molecule has 0 aliphatic heterocycles. The molecule has 28 heavy (non-hydrogen) atoms. The summed E-state index contributed by atoms with van der Waals surface area (Å²) in [6.45, 7) is 11.0. The van der Waals surface area contributed by atoms with Crippen LogP contribution in [0.4, 0.5) is 11.4 Å². The summed E-state index contributed by atoms with van der Waals surface area (Å²) in [5.74, 6) is 0. The van der Waals surface area contributed by atoms with Crippen molar-refractivity contribution >= 4 is 17.6 Å². The van der Waals surface area contributed by atoms with E-state index in [-0.39, 0.29) is 5.41 Å². The van der Waals surface area contributed by atoms with Crippen LogP contribution in [0.2, 0.25) is 0 Å². The Morgan fingerprint density at radius 2 is 1.50 bits per heavy atom. The van der Waals surface area contributed by atoms with Gasteiger partial charge in [0.05, 0.1) is 5.69 Å². The number of aliphatic imine (C=N–C) groups is 1. The van der Waals surface area contributed by atoms with Crippen LogP contribution in [0.1, 0.15) is 43.3 Å². The zero-order valence-electron chi connectivity index (χ0n) is 18.1. The highest BCUT2D eigenvalue weighted by molar-refractivity contribution is 5.84. The van der Waals surface area contributed by atoms with E-state index in [1.807, 2.05) is 20.3 Å². The number of anilines is 1. The van der Waals surface area contributed by atoms with Crippen LogP contribution in [-0.4, -0.2) is 24.9 Å². The van der Waals surface area contributed by atoms with Crippen molar-refractivity contribution in [3.8, 4) is 5.69 Å². The summed E-state index contributed by atoms with van der Waals surface area (Å²) < 4.78 is 2.29. The molecule has 3 rings (SSSR count). The van der Waals surface area contributed by atoms with Crippen molar-refractivity contribution < 1.29 is 0 Å². The third kappa shape index (κ3) is 4.19. The van der Waals surface area contributed by atoms with E-state index < -0.39 is 0 Å². The molecule has 0 unspecified atom stereocenters. The number of benzene rings is 2. The van der Waals surface area contributed by atoms with Gasteiger partial charge in [-0.3, -0.25) is 4.99 Å². The van der Waals surface area contributed by atoms with Crippen LogP contribution < -0.4 is 4.90 Å². The van der Waals surface area contributed by atoms with Crippen molar-refractivity contribution in [3.63, 3.8) is 0 Å².